The van der Waals surface area contributed by atoms with Gasteiger partial charge in [-0.3, -0.25) is 9.59 Å². The Labute approximate surface area is 208 Å². The van der Waals surface area contributed by atoms with Crippen molar-refractivity contribution in [3.8, 4) is 11.5 Å². The molecule has 0 aliphatic carbocycles. The van der Waals surface area contributed by atoms with Gasteiger partial charge in [-0.25, -0.2) is 4.39 Å². The van der Waals surface area contributed by atoms with Gasteiger partial charge in [-0.15, -0.1) is 0 Å². The van der Waals surface area contributed by atoms with Crippen LogP contribution < -0.4 is 9.47 Å². The predicted octanol–water partition coefficient (Wildman–Crippen LogP) is 5.62. The van der Waals surface area contributed by atoms with Crippen molar-refractivity contribution in [1.29, 1.82) is 0 Å². The Morgan fingerprint density at radius 2 is 1.86 bits per heavy atom. The van der Waals surface area contributed by atoms with E-state index in [2.05, 4.69) is 6.92 Å². The van der Waals surface area contributed by atoms with E-state index in [-0.39, 0.29) is 23.4 Å². The maximum Gasteiger partial charge on any atom is 0.296 e. The lowest BCUT2D eigenvalue weighted by Crippen LogP contribution is -2.29. The monoisotopic (exact) mass is 493 g/mol. The summed E-state index contributed by atoms with van der Waals surface area (Å²) in [7, 11) is 1.51. The number of rotatable bonds is 10. The van der Waals surface area contributed by atoms with Crippen LogP contribution in [0.2, 0.25) is 0 Å². The number of halogens is 1. The first-order valence-corrected chi connectivity index (χ1v) is 11.8. The molecule has 36 heavy (non-hydrogen) atoms. The van der Waals surface area contributed by atoms with Gasteiger partial charge < -0.3 is 23.9 Å². The molecule has 0 unspecified atom stereocenters. The Morgan fingerprint density at radius 1 is 1.08 bits per heavy atom. The lowest BCUT2D eigenvalue weighted by molar-refractivity contribution is -0.140. The number of benzene rings is 2. The van der Waals surface area contributed by atoms with Crippen LogP contribution in [0.5, 0.6) is 11.5 Å². The molecule has 0 saturated carbocycles. The van der Waals surface area contributed by atoms with E-state index in [1.807, 2.05) is 0 Å². The minimum Gasteiger partial charge on any atom is -0.507 e. The third-order valence-corrected chi connectivity index (χ3v) is 6.07. The molecule has 1 aliphatic heterocycles. The fourth-order valence-corrected chi connectivity index (χ4v) is 4.23. The number of aliphatic hydroxyl groups excluding tert-OH is 1. The average Bonchev–Trinajstić information content (AvgIpc) is 3.49. The molecule has 1 saturated heterocycles. The van der Waals surface area contributed by atoms with Crippen LogP contribution in [0.25, 0.3) is 5.76 Å². The van der Waals surface area contributed by atoms with E-state index < -0.39 is 23.5 Å². The largest absolute Gasteiger partial charge is 0.507 e. The third kappa shape index (κ3) is 5.12. The molecule has 1 fully saturated rings. The molecule has 2 heterocycles. The fourth-order valence-electron chi connectivity index (χ4n) is 4.23. The van der Waals surface area contributed by atoms with Gasteiger partial charge in [0.05, 0.1) is 38.1 Å². The van der Waals surface area contributed by atoms with Gasteiger partial charge in [-0.1, -0.05) is 25.8 Å². The number of carbonyl (C=O) groups excluding carboxylic acids is 2. The summed E-state index contributed by atoms with van der Waals surface area (Å²) in [4.78, 5) is 27.6. The van der Waals surface area contributed by atoms with Gasteiger partial charge in [0.1, 0.15) is 17.3 Å². The van der Waals surface area contributed by atoms with Crippen molar-refractivity contribution in [2.75, 3.05) is 13.7 Å². The van der Waals surface area contributed by atoms with Crippen molar-refractivity contribution in [3.63, 3.8) is 0 Å². The standard InChI is InChI=1S/C28H28FNO6/c1-3-4-5-14-36-22-13-10-19(16-23(22)34-2)25-24(26(31)18-8-11-20(29)12-9-18)27(32)28(33)30(25)17-21-7-6-15-35-21/h6-13,15-16,25,31H,3-5,14,17H2,1-2H3/t25-/m0/s1. The molecule has 1 aromatic heterocycles. The van der Waals surface area contributed by atoms with Gasteiger partial charge in [0.25, 0.3) is 11.7 Å². The van der Waals surface area contributed by atoms with Gasteiger partial charge in [0, 0.05) is 5.56 Å². The molecule has 0 radical (unpaired) electrons. The number of Topliss-reactive ketones (excluding diaryl/α,β-unsaturated/α-hetero) is 1. The third-order valence-electron chi connectivity index (χ3n) is 6.07. The number of aliphatic hydroxyl groups is 1. The van der Waals surface area contributed by atoms with E-state index in [0.717, 1.165) is 19.3 Å². The van der Waals surface area contributed by atoms with Crippen LogP contribution in [0.1, 0.15) is 49.1 Å². The van der Waals surface area contributed by atoms with E-state index in [4.69, 9.17) is 13.9 Å². The van der Waals surface area contributed by atoms with E-state index in [1.54, 1.807) is 30.3 Å². The fraction of sp³-hybridized carbons (Fsp3) is 0.286. The normalized spacial score (nSPS) is 17.0. The number of carbonyl (C=O) groups is 2. The van der Waals surface area contributed by atoms with Crippen molar-refractivity contribution in [2.24, 2.45) is 0 Å². The molecular formula is C28H28FNO6. The zero-order chi connectivity index (χ0) is 25.7. The summed E-state index contributed by atoms with van der Waals surface area (Å²) in [5.74, 6) is -1.04. The molecule has 0 bridgehead atoms. The topological polar surface area (TPSA) is 89.2 Å². The van der Waals surface area contributed by atoms with E-state index in [9.17, 15) is 19.1 Å². The highest BCUT2D eigenvalue weighted by molar-refractivity contribution is 6.46. The average molecular weight is 494 g/mol. The highest BCUT2D eigenvalue weighted by atomic mass is 19.1. The van der Waals surface area contributed by atoms with Crippen molar-refractivity contribution < 1.29 is 33.0 Å². The Hall–Kier alpha value is -4.07. The molecular weight excluding hydrogens is 465 g/mol. The molecule has 4 rings (SSSR count). The maximum absolute atomic E-state index is 13.5. The van der Waals surface area contributed by atoms with Crippen LogP contribution in [-0.4, -0.2) is 35.4 Å². The molecule has 7 nitrogen and oxygen atoms in total. The van der Waals surface area contributed by atoms with Gasteiger partial charge >= 0.3 is 0 Å². The maximum atomic E-state index is 13.5. The minimum absolute atomic E-state index is 0.0139. The Morgan fingerprint density at radius 3 is 2.53 bits per heavy atom. The van der Waals surface area contributed by atoms with Crippen molar-refractivity contribution in [2.45, 2.75) is 38.8 Å². The number of amides is 1. The lowest BCUT2D eigenvalue weighted by Gasteiger charge is -2.25. The quantitative estimate of drug-likeness (QED) is 0.171. The number of nitrogens with zero attached hydrogens (tertiary/aromatic N) is 1. The second-order valence-electron chi connectivity index (χ2n) is 8.48. The number of ether oxygens (including phenoxy) is 2. The number of furan rings is 1. The number of hydrogen-bond donors (Lipinski definition) is 1. The number of ketones is 1. The predicted molar refractivity (Wildman–Crippen MR) is 131 cm³/mol. The van der Waals surface area contributed by atoms with Crippen LogP contribution in [0, 0.1) is 5.82 Å². The summed E-state index contributed by atoms with van der Waals surface area (Å²) in [5, 5.41) is 11.1. The minimum atomic E-state index is -0.928. The first-order valence-electron chi connectivity index (χ1n) is 11.8. The highest BCUT2D eigenvalue weighted by Gasteiger charge is 2.46. The SMILES string of the molecule is CCCCCOc1ccc([C@H]2C(=C(O)c3ccc(F)cc3)C(=O)C(=O)N2Cc2ccco2)cc1OC. The number of hydrogen-bond acceptors (Lipinski definition) is 6. The molecule has 1 atom stereocenters. The molecule has 0 spiro atoms. The second-order valence-corrected chi connectivity index (χ2v) is 8.48. The van der Waals surface area contributed by atoms with E-state index in [1.165, 1.54) is 42.5 Å². The molecule has 3 aromatic rings. The van der Waals surface area contributed by atoms with Gasteiger partial charge in [0.15, 0.2) is 11.5 Å². The van der Waals surface area contributed by atoms with Crippen LogP contribution in [0.4, 0.5) is 4.39 Å². The lowest BCUT2D eigenvalue weighted by atomic mass is 9.95. The van der Waals surface area contributed by atoms with E-state index in [0.29, 0.717) is 29.4 Å². The van der Waals surface area contributed by atoms with Crippen LogP contribution >= 0.6 is 0 Å². The van der Waals surface area contributed by atoms with Gasteiger partial charge in [-0.05, 0) is 60.5 Å². The smallest absolute Gasteiger partial charge is 0.296 e. The Kier molecular flexibility index (Phi) is 7.73. The number of likely N-dealkylation sites (tertiary alicyclic amines) is 1. The van der Waals surface area contributed by atoms with Crippen LogP contribution in [0.3, 0.4) is 0 Å². The van der Waals surface area contributed by atoms with Crippen LogP contribution in [-0.2, 0) is 16.1 Å². The zero-order valence-corrected chi connectivity index (χ0v) is 20.2. The summed E-state index contributed by atoms with van der Waals surface area (Å²) in [6.07, 6.45) is 4.50. The number of methoxy groups -OCH3 is 1. The summed E-state index contributed by atoms with van der Waals surface area (Å²) in [6.45, 7) is 2.66. The Balaban J connectivity index is 1.78. The van der Waals surface area contributed by atoms with Gasteiger partial charge in [-0.2, -0.15) is 0 Å². The van der Waals surface area contributed by atoms with Crippen molar-refractivity contribution in [3.05, 3.63) is 89.1 Å². The molecule has 188 valence electrons. The van der Waals surface area contributed by atoms with Crippen LogP contribution in [0.15, 0.2) is 70.9 Å². The highest BCUT2D eigenvalue weighted by Crippen LogP contribution is 2.42. The second kappa shape index (κ2) is 11.1. The number of unbranched alkanes of at least 4 members (excludes halogenated alkanes) is 2. The summed E-state index contributed by atoms with van der Waals surface area (Å²) < 4.78 is 30.3. The summed E-state index contributed by atoms with van der Waals surface area (Å²) >= 11 is 0. The Bertz CT molecular complexity index is 1250. The first kappa shape index (κ1) is 25.0. The zero-order valence-electron chi connectivity index (χ0n) is 20.2. The molecule has 1 amide bonds. The molecule has 1 aliphatic rings. The molecule has 8 heteroatoms. The van der Waals surface area contributed by atoms with Crippen molar-refractivity contribution >= 4 is 17.4 Å². The van der Waals surface area contributed by atoms with Gasteiger partial charge in [0.2, 0.25) is 0 Å². The summed E-state index contributed by atoms with van der Waals surface area (Å²) in [5.41, 5.74) is 0.666. The summed E-state index contributed by atoms with van der Waals surface area (Å²) in [6, 6.07) is 12.7. The van der Waals surface area contributed by atoms with Crippen molar-refractivity contribution in [1.82, 2.24) is 4.90 Å². The van der Waals surface area contributed by atoms with E-state index >= 15 is 0 Å². The molecule has 2 aromatic carbocycles. The first-order chi connectivity index (χ1) is 17.4. The molecule has 1 N–H and O–H groups in total.